The zero-order valence-electron chi connectivity index (χ0n) is 18.7. The van der Waals surface area contributed by atoms with Crippen molar-refractivity contribution in [1.29, 1.82) is 0 Å². The van der Waals surface area contributed by atoms with Crippen LogP contribution < -0.4 is 14.8 Å². The minimum Gasteiger partial charge on any atom is -0.497 e. The fourth-order valence-corrected chi connectivity index (χ4v) is 3.02. The Morgan fingerprint density at radius 1 is 1.03 bits per heavy atom. The van der Waals surface area contributed by atoms with E-state index < -0.39 is 6.04 Å². The van der Waals surface area contributed by atoms with E-state index in [-0.39, 0.29) is 24.5 Å². The number of nitrogens with zero attached hydrogens (tertiary/aromatic N) is 1. The van der Waals surface area contributed by atoms with Gasteiger partial charge in [0.25, 0.3) is 5.91 Å². The minimum absolute atomic E-state index is 0.0101. The predicted octanol–water partition coefficient (Wildman–Crippen LogP) is 3.63. The van der Waals surface area contributed by atoms with Crippen LogP contribution in [-0.4, -0.2) is 42.5 Å². The lowest BCUT2D eigenvalue weighted by Gasteiger charge is -2.29. The average Bonchev–Trinajstić information content (AvgIpc) is 2.72. The molecule has 0 unspecified atom stereocenters. The summed E-state index contributed by atoms with van der Waals surface area (Å²) in [7, 11) is 1.60. The lowest BCUT2D eigenvalue weighted by molar-refractivity contribution is -0.142. The monoisotopic (exact) mass is 412 g/mol. The molecule has 162 valence electrons. The number of rotatable bonds is 9. The molecular formula is C24H32N2O4. The number of hydrogen-bond acceptors (Lipinski definition) is 4. The maximum absolute atomic E-state index is 13.1. The van der Waals surface area contributed by atoms with Gasteiger partial charge in [-0.2, -0.15) is 0 Å². The fourth-order valence-electron chi connectivity index (χ4n) is 3.02. The number of carbonyl (C=O) groups is 2. The molecule has 0 aliphatic carbocycles. The average molecular weight is 413 g/mol. The summed E-state index contributed by atoms with van der Waals surface area (Å²) in [6.07, 6.45) is 0. The van der Waals surface area contributed by atoms with Gasteiger partial charge in [-0.05, 0) is 69.5 Å². The Bertz CT molecular complexity index is 862. The van der Waals surface area contributed by atoms with Crippen LogP contribution in [0.4, 0.5) is 0 Å². The third kappa shape index (κ3) is 6.24. The Morgan fingerprint density at radius 2 is 1.70 bits per heavy atom. The number of amides is 2. The van der Waals surface area contributed by atoms with Crippen LogP contribution in [-0.2, 0) is 16.1 Å². The SMILES string of the molecule is COc1ccc(CN(C(=O)COc2cccc(C)c2C)[C@@H](C)C(=O)NC(C)C)cc1. The molecule has 2 aromatic rings. The van der Waals surface area contributed by atoms with Crippen LogP contribution in [0.15, 0.2) is 42.5 Å². The molecule has 30 heavy (non-hydrogen) atoms. The Hall–Kier alpha value is -3.02. The van der Waals surface area contributed by atoms with Gasteiger partial charge in [0, 0.05) is 12.6 Å². The summed E-state index contributed by atoms with van der Waals surface area (Å²) in [5.41, 5.74) is 3.00. The smallest absolute Gasteiger partial charge is 0.261 e. The van der Waals surface area contributed by atoms with Gasteiger partial charge in [0.05, 0.1) is 7.11 Å². The first-order valence-corrected chi connectivity index (χ1v) is 10.1. The molecule has 2 rings (SSSR count). The fraction of sp³-hybridized carbons (Fsp3) is 0.417. The number of benzene rings is 2. The number of nitrogens with one attached hydrogen (secondary N) is 1. The molecule has 0 fully saturated rings. The van der Waals surface area contributed by atoms with E-state index in [1.807, 2.05) is 70.2 Å². The number of hydrogen-bond donors (Lipinski definition) is 1. The standard InChI is InChI=1S/C24H32N2O4/c1-16(2)25-24(28)19(5)26(14-20-10-12-21(29-6)13-11-20)23(27)15-30-22-9-7-8-17(3)18(22)4/h7-13,16,19H,14-15H2,1-6H3,(H,25,28)/t19-/m0/s1. The van der Waals surface area contributed by atoms with Gasteiger partial charge < -0.3 is 19.7 Å². The second kappa shape index (κ2) is 10.7. The van der Waals surface area contributed by atoms with E-state index in [0.717, 1.165) is 22.4 Å². The molecule has 0 saturated carbocycles. The molecule has 6 nitrogen and oxygen atoms in total. The highest BCUT2D eigenvalue weighted by Crippen LogP contribution is 2.21. The summed E-state index contributed by atoms with van der Waals surface area (Å²) in [5.74, 6) is 0.962. The van der Waals surface area contributed by atoms with Crippen molar-refractivity contribution in [1.82, 2.24) is 10.2 Å². The molecule has 0 spiro atoms. The van der Waals surface area contributed by atoms with Crippen LogP contribution in [0.25, 0.3) is 0 Å². The minimum atomic E-state index is -0.635. The first-order valence-electron chi connectivity index (χ1n) is 10.1. The highest BCUT2D eigenvalue weighted by atomic mass is 16.5. The van der Waals surface area contributed by atoms with E-state index in [2.05, 4.69) is 5.32 Å². The zero-order valence-corrected chi connectivity index (χ0v) is 18.7. The Morgan fingerprint density at radius 3 is 2.30 bits per heavy atom. The van der Waals surface area contributed by atoms with Gasteiger partial charge in [0.2, 0.25) is 5.91 Å². The Balaban J connectivity index is 2.18. The second-order valence-electron chi connectivity index (χ2n) is 7.70. The maximum atomic E-state index is 13.1. The molecular weight excluding hydrogens is 380 g/mol. The van der Waals surface area contributed by atoms with Crippen LogP contribution in [0.1, 0.15) is 37.5 Å². The second-order valence-corrected chi connectivity index (χ2v) is 7.70. The summed E-state index contributed by atoms with van der Waals surface area (Å²) >= 11 is 0. The highest BCUT2D eigenvalue weighted by molar-refractivity contribution is 5.88. The number of ether oxygens (including phenoxy) is 2. The first kappa shape index (κ1) is 23.3. The number of aryl methyl sites for hydroxylation is 1. The van der Waals surface area contributed by atoms with Crippen molar-refractivity contribution in [2.45, 2.75) is 53.2 Å². The van der Waals surface area contributed by atoms with E-state index in [1.54, 1.807) is 18.9 Å². The first-order chi connectivity index (χ1) is 14.2. The molecule has 0 bridgehead atoms. The maximum Gasteiger partial charge on any atom is 0.261 e. The van der Waals surface area contributed by atoms with Gasteiger partial charge in [0.1, 0.15) is 17.5 Å². The zero-order chi connectivity index (χ0) is 22.3. The summed E-state index contributed by atoms with van der Waals surface area (Å²) < 4.78 is 11.0. The summed E-state index contributed by atoms with van der Waals surface area (Å²) in [6, 6.07) is 12.5. The summed E-state index contributed by atoms with van der Waals surface area (Å²) in [5, 5.41) is 2.88. The normalized spacial score (nSPS) is 11.7. The molecule has 2 amide bonds. The molecule has 2 aromatic carbocycles. The van der Waals surface area contributed by atoms with Gasteiger partial charge in [-0.15, -0.1) is 0 Å². The molecule has 1 atom stereocenters. The third-order valence-corrected chi connectivity index (χ3v) is 5.02. The molecule has 0 aromatic heterocycles. The van der Waals surface area contributed by atoms with Gasteiger partial charge >= 0.3 is 0 Å². The van der Waals surface area contributed by atoms with Crippen molar-refractivity contribution in [3.8, 4) is 11.5 Å². The van der Waals surface area contributed by atoms with Crippen molar-refractivity contribution in [3.63, 3.8) is 0 Å². The quantitative estimate of drug-likeness (QED) is 0.683. The van der Waals surface area contributed by atoms with Crippen molar-refractivity contribution in [2.24, 2.45) is 0 Å². The van der Waals surface area contributed by atoms with Crippen molar-refractivity contribution < 1.29 is 19.1 Å². The highest BCUT2D eigenvalue weighted by Gasteiger charge is 2.27. The molecule has 0 aliphatic heterocycles. The van der Waals surface area contributed by atoms with Gasteiger partial charge in [-0.25, -0.2) is 0 Å². The van der Waals surface area contributed by atoms with E-state index in [9.17, 15) is 9.59 Å². The van der Waals surface area contributed by atoms with Crippen LogP contribution in [0.3, 0.4) is 0 Å². The Labute approximate surface area is 179 Å². The van der Waals surface area contributed by atoms with E-state index in [4.69, 9.17) is 9.47 Å². The lowest BCUT2D eigenvalue weighted by atomic mass is 10.1. The molecule has 0 radical (unpaired) electrons. The van der Waals surface area contributed by atoms with Crippen molar-refractivity contribution in [2.75, 3.05) is 13.7 Å². The molecule has 1 N–H and O–H groups in total. The summed E-state index contributed by atoms with van der Waals surface area (Å²) in [6.45, 7) is 9.64. The molecule has 0 saturated heterocycles. The van der Waals surface area contributed by atoms with Crippen molar-refractivity contribution >= 4 is 11.8 Å². The number of carbonyl (C=O) groups excluding carboxylic acids is 2. The van der Waals surface area contributed by atoms with Gasteiger partial charge in [-0.1, -0.05) is 24.3 Å². The lowest BCUT2D eigenvalue weighted by Crippen LogP contribution is -2.50. The van der Waals surface area contributed by atoms with Gasteiger partial charge in [0.15, 0.2) is 6.61 Å². The number of methoxy groups -OCH3 is 1. The molecule has 0 aliphatic rings. The Kier molecular flexibility index (Phi) is 8.27. The molecule has 0 heterocycles. The van der Waals surface area contributed by atoms with Crippen molar-refractivity contribution in [3.05, 3.63) is 59.2 Å². The summed E-state index contributed by atoms with van der Waals surface area (Å²) in [4.78, 5) is 27.2. The largest absolute Gasteiger partial charge is 0.497 e. The van der Waals surface area contributed by atoms with E-state index in [1.165, 1.54) is 0 Å². The van der Waals surface area contributed by atoms with Crippen LogP contribution >= 0.6 is 0 Å². The predicted molar refractivity (Wildman–Crippen MR) is 118 cm³/mol. The molecule has 6 heteroatoms. The topological polar surface area (TPSA) is 67.9 Å². The van der Waals surface area contributed by atoms with Crippen LogP contribution in [0.2, 0.25) is 0 Å². The third-order valence-electron chi connectivity index (χ3n) is 5.02. The van der Waals surface area contributed by atoms with Crippen LogP contribution in [0.5, 0.6) is 11.5 Å². The van der Waals surface area contributed by atoms with E-state index in [0.29, 0.717) is 12.3 Å². The van der Waals surface area contributed by atoms with E-state index >= 15 is 0 Å². The van der Waals surface area contributed by atoms with Gasteiger partial charge in [-0.3, -0.25) is 9.59 Å². The van der Waals surface area contributed by atoms with Crippen LogP contribution in [0, 0.1) is 13.8 Å².